The van der Waals surface area contributed by atoms with E-state index < -0.39 is 0 Å². The summed E-state index contributed by atoms with van der Waals surface area (Å²) in [4.78, 5) is 4.41. The average molecular weight is 334 g/mol. The Kier molecular flexibility index (Phi) is 3.87. The third kappa shape index (κ3) is 3.33. The summed E-state index contributed by atoms with van der Waals surface area (Å²) in [6.07, 6.45) is 7.84. The summed E-state index contributed by atoms with van der Waals surface area (Å²) < 4.78 is 7.74. The van der Waals surface area contributed by atoms with Crippen molar-refractivity contribution in [2.45, 2.75) is 38.5 Å². The highest BCUT2D eigenvalue weighted by atomic mass is 16.4. The summed E-state index contributed by atoms with van der Waals surface area (Å²) in [6.45, 7) is 4.25. The number of fused-ring (bicyclic) bond motifs is 1. The second-order valence-electron chi connectivity index (χ2n) is 6.95. The Balaban J connectivity index is 1.50. The van der Waals surface area contributed by atoms with Gasteiger partial charge < -0.3 is 4.42 Å². The number of nitrogens with zero attached hydrogens (tertiary/aromatic N) is 5. The van der Waals surface area contributed by atoms with E-state index in [0.717, 1.165) is 24.2 Å². The first-order valence-corrected chi connectivity index (χ1v) is 8.39. The Bertz CT molecular complexity index is 915. The van der Waals surface area contributed by atoms with E-state index in [4.69, 9.17) is 4.42 Å². The standard InChI is InChI=1S/C19H20N5O/c1-19(2,11-14-6-4-3-5-7-14)18-23-22-17(25-18)10-15-12-20-16-8-9-21-24(16)13-15/h3-7,9,12-13H,8,10-11H2,1-2H3/q+1. The molecule has 1 aromatic carbocycles. The Morgan fingerprint density at radius 2 is 1.96 bits per heavy atom. The molecule has 0 amide bonds. The van der Waals surface area contributed by atoms with Gasteiger partial charge in [0.2, 0.25) is 11.8 Å². The van der Waals surface area contributed by atoms with Crippen LogP contribution in [0.5, 0.6) is 0 Å². The maximum Gasteiger partial charge on any atom is 0.328 e. The first-order chi connectivity index (χ1) is 12.1. The molecule has 1 aliphatic rings. The van der Waals surface area contributed by atoms with Gasteiger partial charge in [0.1, 0.15) is 12.4 Å². The molecular weight excluding hydrogens is 314 g/mol. The fourth-order valence-electron chi connectivity index (χ4n) is 2.98. The van der Waals surface area contributed by atoms with Crippen molar-refractivity contribution in [3.8, 4) is 0 Å². The van der Waals surface area contributed by atoms with Crippen LogP contribution in [0.25, 0.3) is 0 Å². The minimum Gasteiger partial charge on any atom is -0.424 e. The molecule has 3 heterocycles. The number of hydrogen-bond acceptors (Lipinski definition) is 5. The van der Waals surface area contributed by atoms with E-state index >= 15 is 0 Å². The summed E-state index contributed by atoms with van der Waals surface area (Å²) in [6, 6.07) is 10.4. The Morgan fingerprint density at radius 3 is 2.80 bits per heavy atom. The van der Waals surface area contributed by atoms with Gasteiger partial charge in [0.15, 0.2) is 0 Å². The van der Waals surface area contributed by atoms with Crippen LogP contribution in [0.1, 0.15) is 42.6 Å². The van der Waals surface area contributed by atoms with Gasteiger partial charge in [0.25, 0.3) is 0 Å². The maximum atomic E-state index is 5.95. The molecule has 6 heteroatoms. The molecule has 0 saturated carbocycles. The average Bonchev–Trinajstić information content (AvgIpc) is 3.24. The van der Waals surface area contributed by atoms with Gasteiger partial charge in [0.05, 0.1) is 19.1 Å². The Hall–Kier alpha value is -2.89. The molecule has 2 aromatic heterocycles. The Labute approximate surface area is 146 Å². The molecule has 0 spiro atoms. The van der Waals surface area contributed by atoms with Crippen molar-refractivity contribution >= 4 is 6.21 Å². The normalized spacial score (nSPS) is 13.2. The summed E-state index contributed by atoms with van der Waals surface area (Å²) in [5.74, 6) is 2.20. The zero-order chi connectivity index (χ0) is 17.3. The quantitative estimate of drug-likeness (QED) is 0.671. The van der Waals surface area contributed by atoms with Crippen molar-refractivity contribution in [3.05, 3.63) is 71.5 Å². The van der Waals surface area contributed by atoms with Crippen LogP contribution in [-0.2, 0) is 24.7 Å². The Morgan fingerprint density at radius 1 is 1.12 bits per heavy atom. The van der Waals surface area contributed by atoms with Crippen LogP contribution in [-0.4, -0.2) is 21.4 Å². The van der Waals surface area contributed by atoms with E-state index in [1.807, 2.05) is 36.8 Å². The lowest BCUT2D eigenvalue weighted by Gasteiger charge is -2.19. The third-order valence-electron chi connectivity index (χ3n) is 4.30. The number of hydrogen-bond donors (Lipinski definition) is 0. The number of benzene rings is 1. The lowest BCUT2D eigenvalue weighted by molar-refractivity contribution is -0.683. The fourth-order valence-corrected chi connectivity index (χ4v) is 2.98. The zero-order valence-electron chi connectivity index (χ0n) is 14.4. The van der Waals surface area contributed by atoms with Gasteiger partial charge in [-0.2, -0.15) is 0 Å². The van der Waals surface area contributed by atoms with Gasteiger partial charge in [-0.1, -0.05) is 54.3 Å². The topological polar surface area (TPSA) is 68.1 Å². The number of rotatable bonds is 5. The lowest BCUT2D eigenvalue weighted by atomic mass is 9.86. The van der Waals surface area contributed by atoms with Gasteiger partial charge in [-0.25, -0.2) is 0 Å². The minimum absolute atomic E-state index is 0.220. The van der Waals surface area contributed by atoms with Crippen LogP contribution in [0.2, 0.25) is 0 Å². The molecule has 3 aromatic rings. The van der Waals surface area contributed by atoms with Crippen LogP contribution >= 0.6 is 0 Å². The number of aromatic nitrogens is 4. The van der Waals surface area contributed by atoms with Crippen LogP contribution in [0.3, 0.4) is 0 Å². The molecule has 0 fully saturated rings. The molecule has 4 rings (SSSR count). The molecular formula is C19H20N5O+. The van der Waals surface area contributed by atoms with Crippen molar-refractivity contribution in [3.63, 3.8) is 0 Å². The predicted octanol–water partition coefficient (Wildman–Crippen LogP) is 2.25. The summed E-state index contributed by atoms with van der Waals surface area (Å²) in [5.41, 5.74) is 2.03. The maximum absolute atomic E-state index is 5.95. The van der Waals surface area contributed by atoms with E-state index in [-0.39, 0.29) is 5.41 Å². The van der Waals surface area contributed by atoms with Gasteiger partial charge in [0, 0.05) is 11.0 Å². The van der Waals surface area contributed by atoms with Crippen LogP contribution in [0, 0.1) is 0 Å². The molecule has 0 radical (unpaired) electrons. The highest BCUT2D eigenvalue weighted by Crippen LogP contribution is 2.27. The van der Waals surface area contributed by atoms with E-state index in [9.17, 15) is 0 Å². The smallest absolute Gasteiger partial charge is 0.328 e. The monoisotopic (exact) mass is 334 g/mol. The molecule has 6 nitrogen and oxygen atoms in total. The van der Waals surface area contributed by atoms with E-state index in [0.29, 0.717) is 18.2 Å². The second kappa shape index (κ2) is 6.20. The molecule has 1 aliphatic heterocycles. The molecule has 0 atom stereocenters. The summed E-state index contributed by atoms with van der Waals surface area (Å²) in [5, 5.41) is 12.8. The van der Waals surface area contributed by atoms with E-state index in [1.54, 1.807) is 4.68 Å². The molecule has 0 aliphatic carbocycles. The zero-order valence-corrected chi connectivity index (χ0v) is 14.4. The predicted molar refractivity (Wildman–Crippen MR) is 92.3 cm³/mol. The molecule has 0 saturated heterocycles. The van der Waals surface area contributed by atoms with Crippen LogP contribution in [0.15, 0.2) is 52.2 Å². The van der Waals surface area contributed by atoms with Crippen molar-refractivity contribution in [2.75, 3.05) is 0 Å². The first-order valence-electron chi connectivity index (χ1n) is 8.39. The van der Waals surface area contributed by atoms with Gasteiger partial charge >= 0.3 is 5.82 Å². The summed E-state index contributed by atoms with van der Waals surface area (Å²) >= 11 is 0. The van der Waals surface area contributed by atoms with Gasteiger partial charge in [-0.05, 0) is 12.0 Å². The third-order valence-corrected chi connectivity index (χ3v) is 4.30. The SMILES string of the molecule is CC(C)(Cc1ccccc1)c1nnc(Cc2cnc3[n+](c2)N=CC3)o1. The molecule has 0 bridgehead atoms. The van der Waals surface area contributed by atoms with Gasteiger partial charge in [-0.3, -0.25) is 0 Å². The summed E-state index contributed by atoms with van der Waals surface area (Å²) in [7, 11) is 0. The minimum atomic E-state index is -0.220. The fraction of sp³-hybridized carbons (Fsp3) is 0.316. The van der Waals surface area contributed by atoms with Crippen molar-refractivity contribution < 1.29 is 9.09 Å². The van der Waals surface area contributed by atoms with E-state index in [2.05, 4.69) is 46.3 Å². The van der Waals surface area contributed by atoms with Crippen molar-refractivity contribution in [1.82, 2.24) is 15.2 Å². The lowest BCUT2D eigenvalue weighted by Crippen LogP contribution is -2.30. The molecule has 126 valence electrons. The highest BCUT2D eigenvalue weighted by Gasteiger charge is 2.28. The molecule has 0 N–H and O–H groups in total. The van der Waals surface area contributed by atoms with Gasteiger partial charge in [-0.15, -0.1) is 14.9 Å². The van der Waals surface area contributed by atoms with E-state index in [1.165, 1.54) is 5.56 Å². The first kappa shape index (κ1) is 15.6. The molecule has 0 unspecified atom stereocenters. The van der Waals surface area contributed by atoms with Crippen molar-refractivity contribution in [1.29, 1.82) is 0 Å². The second-order valence-corrected chi connectivity index (χ2v) is 6.95. The largest absolute Gasteiger partial charge is 0.424 e. The van der Waals surface area contributed by atoms with Crippen LogP contribution in [0.4, 0.5) is 0 Å². The molecule has 25 heavy (non-hydrogen) atoms. The van der Waals surface area contributed by atoms with Crippen LogP contribution < -0.4 is 4.68 Å². The van der Waals surface area contributed by atoms with Crippen molar-refractivity contribution in [2.24, 2.45) is 5.10 Å². The highest BCUT2D eigenvalue weighted by molar-refractivity contribution is 5.59.